The quantitative estimate of drug-likeness (QED) is 0.722. The zero-order chi connectivity index (χ0) is 16.9. The predicted molar refractivity (Wildman–Crippen MR) is 94.0 cm³/mol. The van der Waals surface area contributed by atoms with E-state index in [0.717, 1.165) is 16.5 Å². The van der Waals surface area contributed by atoms with Gasteiger partial charge in [-0.1, -0.05) is 23.7 Å². The monoisotopic (exact) mass is 343 g/mol. The second kappa shape index (κ2) is 7.47. The number of aromatic nitrogens is 2. The number of aromatic amines is 1. The molecule has 124 valence electrons. The third-order valence-corrected chi connectivity index (χ3v) is 4.06. The topological polar surface area (TPSA) is 69.2 Å². The maximum absolute atomic E-state index is 12.9. The molecule has 0 aliphatic carbocycles. The van der Waals surface area contributed by atoms with Gasteiger partial charge < -0.3 is 10.0 Å². The molecule has 24 heavy (non-hydrogen) atoms. The van der Waals surface area contributed by atoms with Gasteiger partial charge in [-0.25, -0.2) is 0 Å². The largest absolute Gasteiger partial charge is 0.396 e. The van der Waals surface area contributed by atoms with Crippen molar-refractivity contribution < 1.29 is 9.90 Å². The minimum Gasteiger partial charge on any atom is -0.396 e. The highest BCUT2D eigenvalue weighted by Crippen LogP contribution is 2.18. The van der Waals surface area contributed by atoms with E-state index in [0.29, 0.717) is 30.1 Å². The molecular formula is C18H18ClN3O2. The minimum atomic E-state index is -0.0773. The molecule has 0 saturated heterocycles. The van der Waals surface area contributed by atoms with Gasteiger partial charge in [0.25, 0.3) is 5.91 Å². The Hall–Kier alpha value is -2.37. The molecule has 0 aliphatic heterocycles. The van der Waals surface area contributed by atoms with E-state index in [1.54, 1.807) is 23.2 Å². The van der Waals surface area contributed by atoms with Crippen LogP contribution in [0, 0.1) is 0 Å². The van der Waals surface area contributed by atoms with Gasteiger partial charge in [0.1, 0.15) is 0 Å². The smallest absolute Gasteiger partial charge is 0.254 e. The Kier molecular flexibility index (Phi) is 5.13. The van der Waals surface area contributed by atoms with Crippen molar-refractivity contribution in [3.8, 4) is 0 Å². The molecule has 0 spiro atoms. The number of carbonyl (C=O) groups is 1. The van der Waals surface area contributed by atoms with E-state index in [-0.39, 0.29) is 12.5 Å². The lowest BCUT2D eigenvalue weighted by atomic mass is 10.1. The third kappa shape index (κ3) is 3.75. The molecule has 0 unspecified atom stereocenters. The van der Waals surface area contributed by atoms with Crippen LogP contribution in [0.1, 0.15) is 22.3 Å². The number of hydrogen-bond acceptors (Lipinski definition) is 3. The summed E-state index contributed by atoms with van der Waals surface area (Å²) in [6.45, 7) is 0.966. The molecule has 0 atom stereocenters. The summed E-state index contributed by atoms with van der Waals surface area (Å²) < 4.78 is 0. The van der Waals surface area contributed by atoms with E-state index < -0.39 is 0 Å². The average Bonchev–Trinajstić information content (AvgIpc) is 3.05. The van der Waals surface area contributed by atoms with Gasteiger partial charge in [-0.05, 0) is 42.3 Å². The number of rotatable bonds is 6. The average molecular weight is 344 g/mol. The lowest BCUT2D eigenvalue weighted by Gasteiger charge is -2.23. The number of aliphatic hydroxyl groups is 1. The molecule has 0 saturated carbocycles. The fraction of sp³-hybridized carbons (Fsp3) is 0.222. The second-order valence-electron chi connectivity index (χ2n) is 5.61. The molecule has 1 amide bonds. The number of hydrogen-bond donors (Lipinski definition) is 2. The molecule has 6 heteroatoms. The Morgan fingerprint density at radius 2 is 2.12 bits per heavy atom. The summed E-state index contributed by atoms with van der Waals surface area (Å²) >= 11 is 6.03. The van der Waals surface area contributed by atoms with E-state index >= 15 is 0 Å². The van der Waals surface area contributed by atoms with Gasteiger partial charge in [-0.3, -0.25) is 9.89 Å². The number of benzene rings is 2. The van der Waals surface area contributed by atoms with Crippen LogP contribution >= 0.6 is 11.6 Å². The number of H-pyrrole nitrogens is 1. The predicted octanol–water partition coefficient (Wildman–Crippen LogP) is 3.24. The van der Waals surface area contributed by atoms with Gasteiger partial charge in [0.15, 0.2) is 0 Å². The Labute approximate surface area is 144 Å². The van der Waals surface area contributed by atoms with E-state index in [4.69, 9.17) is 16.7 Å². The SMILES string of the molecule is O=C(c1ccc2[nH]ncc2c1)N(CCCO)Cc1cccc(Cl)c1. The Bertz CT molecular complexity index is 847. The molecule has 3 rings (SSSR count). The number of nitrogens with one attached hydrogen (secondary N) is 1. The highest BCUT2D eigenvalue weighted by molar-refractivity contribution is 6.30. The lowest BCUT2D eigenvalue weighted by molar-refractivity contribution is 0.0732. The molecule has 3 aromatic rings. The molecule has 1 heterocycles. The summed E-state index contributed by atoms with van der Waals surface area (Å²) in [6.07, 6.45) is 2.22. The molecule has 2 N–H and O–H groups in total. The maximum Gasteiger partial charge on any atom is 0.254 e. The van der Waals surface area contributed by atoms with Crippen LogP contribution in [0.15, 0.2) is 48.7 Å². The summed E-state index contributed by atoms with van der Waals surface area (Å²) in [5.74, 6) is -0.0773. The van der Waals surface area contributed by atoms with Crippen molar-refractivity contribution in [1.29, 1.82) is 0 Å². The molecular weight excluding hydrogens is 326 g/mol. The Balaban J connectivity index is 1.84. The first-order chi connectivity index (χ1) is 11.7. The maximum atomic E-state index is 12.9. The molecule has 2 aromatic carbocycles. The Morgan fingerprint density at radius 1 is 1.25 bits per heavy atom. The number of aliphatic hydroxyl groups excluding tert-OH is 1. The van der Waals surface area contributed by atoms with Gasteiger partial charge in [-0.15, -0.1) is 0 Å². The molecule has 0 radical (unpaired) electrons. The van der Waals surface area contributed by atoms with Gasteiger partial charge in [0.2, 0.25) is 0 Å². The number of amides is 1. The highest BCUT2D eigenvalue weighted by atomic mass is 35.5. The normalized spacial score (nSPS) is 10.9. The van der Waals surface area contributed by atoms with Crippen molar-refractivity contribution in [2.75, 3.05) is 13.2 Å². The summed E-state index contributed by atoms with van der Waals surface area (Å²) in [6, 6.07) is 12.9. The van der Waals surface area contributed by atoms with E-state index in [1.165, 1.54) is 0 Å². The zero-order valence-corrected chi connectivity index (χ0v) is 13.8. The molecule has 0 fully saturated rings. The molecule has 5 nitrogen and oxygen atoms in total. The zero-order valence-electron chi connectivity index (χ0n) is 13.1. The van der Waals surface area contributed by atoms with Crippen molar-refractivity contribution in [2.24, 2.45) is 0 Å². The summed E-state index contributed by atoms with van der Waals surface area (Å²) in [4.78, 5) is 14.6. The first-order valence-electron chi connectivity index (χ1n) is 7.75. The summed E-state index contributed by atoms with van der Waals surface area (Å²) in [7, 11) is 0. The van der Waals surface area contributed by atoms with Crippen molar-refractivity contribution in [3.63, 3.8) is 0 Å². The molecule has 0 bridgehead atoms. The first kappa shape index (κ1) is 16.5. The number of fused-ring (bicyclic) bond motifs is 1. The van der Waals surface area contributed by atoms with E-state index in [9.17, 15) is 4.79 Å². The third-order valence-electron chi connectivity index (χ3n) is 3.82. The van der Waals surface area contributed by atoms with Gasteiger partial charge >= 0.3 is 0 Å². The Morgan fingerprint density at radius 3 is 2.92 bits per heavy atom. The van der Waals surface area contributed by atoms with Crippen molar-refractivity contribution >= 4 is 28.4 Å². The summed E-state index contributed by atoms with van der Waals surface area (Å²) in [5, 5.41) is 17.5. The van der Waals surface area contributed by atoms with Crippen LogP contribution in [-0.4, -0.2) is 39.3 Å². The van der Waals surface area contributed by atoms with Gasteiger partial charge in [0, 0.05) is 35.7 Å². The fourth-order valence-corrected chi connectivity index (χ4v) is 2.84. The van der Waals surface area contributed by atoms with E-state index in [1.807, 2.05) is 30.3 Å². The molecule has 0 aliphatic rings. The van der Waals surface area contributed by atoms with Crippen LogP contribution in [0.5, 0.6) is 0 Å². The van der Waals surface area contributed by atoms with Crippen molar-refractivity contribution in [1.82, 2.24) is 15.1 Å². The van der Waals surface area contributed by atoms with Crippen LogP contribution in [-0.2, 0) is 6.54 Å². The van der Waals surface area contributed by atoms with Crippen LogP contribution in [0.3, 0.4) is 0 Å². The number of carbonyl (C=O) groups excluding carboxylic acids is 1. The first-order valence-corrected chi connectivity index (χ1v) is 8.13. The van der Waals surface area contributed by atoms with Gasteiger partial charge in [-0.2, -0.15) is 5.10 Å². The van der Waals surface area contributed by atoms with E-state index in [2.05, 4.69) is 10.2 Å². The standard InChI is InChI=1S/C18H18ClN3O2/c19-16-4-1-3-13(9-16)12-22(7-2-8-23)18(24)14-5-6-17-15(10-14)11-20-21-17/h1,3-6,9-11,23H,2,7-8,12H2,(H,20,21). The highest BCUT2D eigenvalue weighted by Gasteiger charge is 2.16. The minimum absolute atomic E-state index is 0.0418. The molecule has 1 aromatic heterocycles. The summed E-state index contributed by atoms with van der Waals surface area (Å²) in [5.41, 5.74) is 2.45. The van der Waals surface area contributed by atoms with Crippen LogP contribution in [0.25, 0.3) is 10.9 Å². The lowest BCUT2D eigenvalue weighted by Crippen LogP contribution is -2.32. The second-order valence-corrected chi connectivity index (χ2v) is 6.04. The van der Waals surface area contributed by atoms with Crippen LogP contribution in [0.4, 0.5) is 0 Å². The number of nitrogens with zero attached hydrogens (tertiary/aromatic N) is 2. The van der Waals surface area contributed by atoms with Crippen LogP contribution in [0.2, 0.25) is 5.02 Å². The van der Waals surface area contributed by atoms with Crippen LogP contribution < -0.4 is 0 Å². The van der Waals surface area contributed by atoms with Gasteiger partial charge in [0.05, 0.1) is 11.7 Å². The van der Waals surface area contributed by atoms with Crippen molar-refractivity contribution in [2.45, 2.75) is 13.0 Å². The van der Waals surface area contributed by atoms with Crippen molar-refractivity contribution in [3.05, 3.63) is 64.8 Å². The number of halogens is 1. The fourth-order valence-electron chi connectivity index (χ4n) is 2.63.